The van der Waals surface area contributed by atoms with E-state index in [4.69, 9.17) is 0 Å². The minimum atomic E-state index is -0.432. The van der Waals surface area contributed by atoms with E-state index in [1.807, 2.05) is 18.2 Å². The van der Waals surface area contributed by atoms with Crippen LogP contribution in [0.15, 0.2) is 30.3 Å². The number of carbonyl (C=O) groups is 2. The van der Waals surface area contributed by atoms with Gasteiger partial charge in [-0.15, -0.1) is 0 Å². The van der Waals surface area contributed by atoms with E-state index in [9.17, 15) is 14.7 Å². The zero-order chi connectivity index (χ0) is 14.8. The Morgan fingerprint density at radius 3 is 2.38 bits per heavy atom. The Bertz CT molecular complexity index is 524. The second kappa shape index (κ2) is 5.95. The lowest BCUT2D eigenvalue weighted by Crippen LogP contribution is -2.45. The monoisotopic (exact) mass is 288 g/mol. The molecule has 0 radical (unpaired) electrons. The van der Waals surface area contributed by atoms with Gasteiger partial charge < -0.3 is 10.4 Å². The van der Waals surface area contributed by atoms with Crippen LogP contribution in [-0.4, -0.2) is 35.1 Å². The molecule has 1 aromatic carbocycles. The Morgan fingerprint density at radius 1 is 1.05 bits per heavy atom. The number of nitrogens with zero attached hydrogens (tertiary/aromatic N) is 1. The van der Waals surface area contributed by atoms with Crippen LogP contribution in [0.5, 0.6) is 0 Å². The maximum atomic E-state index is 12.4. The number of anilines is 1. The lowest BCUT2D eigenvalue weighted by Gasteiger charge is -2.28. The maximum Gasteiger partial charge on any atom is 0.251 e. The fourth-order valence-corrected chi connectivity index (χ4v) is 3.14. The summed E-state index contributed by atoms with van der Waals surface area (Å²) < 4.78 is 0. The molecular formula is C16H20N2O3. The molecular weight excluding hydrogens is 268 g/mol. The highest BCUT2D eigenvalue weighted by atomic mass is 16.3. The summed E-state index contributed by atoms with van der Waals surface area (Å²) in [6.07, 6.45) is 3.22. The number of imide groups is 1. The van der Waals surface area contributed by atoms with E-state index in [1.165, 1.54) is 4.90 Å². The number of para-hydroxylation sites is 1. The van der Waals surface area contributed by atoms with Crippen LogP contribution in [-0.2, 0) is 9.59 Å². The number of hydrogen-bond acceptors (Lipinski definition) is 4. The fourth-order valence-electron chi connectivity index (χ4n) is 3.14. The van der Waals surface area contributed by atoms with Gasteiger partial charge in [0.05, 0.1) is 24.3 Å². The van der Waals surface area contributed by atoms with Crippen LogP contribution in [0.1, 0.15) is 32.1 Å². The predicted molar refractivity (Wildman–Crippen MR) is 78.7 cm³/mol. The molecule has 1 saturated heterocycles. The molecule has 1 atom stereocenters. The van der Waals surface area contributed by atoms with Crippen molar-refractivity contribution in [2.75, 3.05) is 4.90 Å². The molecule has 1 aromatic rings. The molecule has 0 spiro atoms. The highest BCUT2D eigenvalue weighted by molar-refractivity contribution is 6.22. The molecule has 5 heteroatoms. The largest absolute Gasteiger partial charge is 0.393 e. The van der Waals surface area contributed by atoms with Crippen LogP contribution in [0.3, 0.4) is 0 Å². The van der Waals surface area contributed by atoms with E-state index in [1.54, 1.807) is 12.1 Å². The molecule has 2 N–H and O–H groups in total. The molecule has 1 unspecified atom stereocenters. The number of amides is 2. The fraction of sp³-hybridized carbons (Fsp3) is 0.500. The lowest BCUT2D eigenvalue weighted by molar-refractivity contribution is -0.121. The van der Waals surface area contributed by atoms with Crippen molar-refractivity contribution in [1.82, 2.24) is 5.32 Å². The number of carbonyl (C=O) groups excluding carboxylic acids is 2. The number of aliphatic hydroxyl groups is 1. The topological polar surface area (TPSA) is 69.6 Å². The van der Waals surface area contributed by atoms with Crippen molar-refractivity contribution in [3.63, 3.8) is 0 Å². The van der Waals surface area contributed by atoms with Crippen molar-refractivity contribution in [2.24, 2.45) is 0 Å². The van der Waals surface area contributed by atoms with Crippen LogP contribution in [0, 0.1) is 0 Å². The number of nitrogens with one attached hydrogen (secondary N) is 1. The first-order valence-electron chi connectivity index (χ1n) is 7.51. The van der Waals surface area contributed by atoms with E-state index >= 15 is 0 Å². The molecule has 112 valence electrons. The third kappa shape index (κ3) is 2.99. The van der Waals surface area contributed by atoms with Crippen LogP contribution in [0.2, 0.25) is 0 Å². The van der Waals surface area contributed by atoms with Gasteiger partial charge in [0, 0.05) is 6.04 Å². The number of benzene rings is 1. The first kappa shape index (κ1) is 14.2. The first-order valence-corrected chi connectivity index (χ1v) is 7.51. The molecule has 2 fully saturated rings. The van der Waals surface area contributed by atoms with Gasteiger partial charge in [-0.2, -0.15) is 0 Å². The molecule has 0 aromatic heterocycles. The molecule has 1 aliphatic heterocycles. The van der Waals surface area contributed by atoms with Crippen LogP contribution >= 0.6 is 0 Å². The van der Waals surface area contributed by atoms with Gasteiger partial charge in [0.2, 0.25) is 5.91 Å². The lowest BCUT2D eigenvalue weighted by atomic mass is 9.92. The van der Waals surface area contributed by atoms with Crippen molar-refractivity contribution >= 4 is 17.5 Å². The van der Waals surface area contributed by atoms with Gasteiger partial charge in [-0.05, 0) is 37.8 Å². The normalized spacial score (nSPS) is 30.0. The molecule has 2 aliphatic rings. The third-order valence-corrected chi connectivity index (χ3v) is 4.29. The average Bonchev–Trinajstić information content (AvgIpc) is 2.77. The molecule has 0 bridgehead atoms. The van der Waals surface area contributed by atoms with E-state index in [-0.39, 0.29) is 30.4 Å². The Kier molecular flexibility index (Phi) is 4.03. The van der Waals surface area contributed by atoms with Gasteiger partial charge in [-0.25, -0.2) is 4.90 Å². The minimum absolute atomic E-state index is 0.153. The van der Waals surface area contributed by atoms with Gasteiger partial charge in [0.1, 0.15) is 0 Å². The zero-order valence-corrected chi connectivity index (χ0v) is 11.9. The van der Waals surface area contributed by atoms with Crippen molar-refractivity contribution in [3.8, 4) is 0 Å². The highest BCUT2D eigenvalue weighted by Gasteiger charge is 2.40. The molecule has 5 nitrogen and oxygen atoms in total. The van der Waals surface area contributed by atoms with Gasteiger partial charge in [0.15, 0.2) is 0 Å². The van der Waals surface area contributed by atoms with E-state index in [2.05, 4.69) is 5.32 Å². The Hall–Kier alpha value is -1.72. The second-order valence-electron chi connectivity index (χ2n) is 5.83. The van der Waals surface area contributed by atoms with Gasteiger partial charge in [-0.1, -0.05) is 18.2 Å². The summed E-state index contributed by atoms with van der Waals surface area (Å²) in [6.45, 7) is 0. The summed E-state index contributed by atoms with van der Waals surface area (Å²) >= 11 is 0. The Labute approximate surface area is 123 Å². The van der Waals surface area contributed by atoms with E-state index < -0.39 is 6.04 Å². The predicted octanol–water partition coefficient (Wildman–Crippen LogP) is 1.21. The van der Waals surface area contributed by atoms with Gasteiger partial charge >= 0.3 is 0 Å². The molecule has 3 rings (SSSR count). The summed E-state index contributed by atoms with van der Waals surface area (Å²) in [5.74, 6) is -0.322. The molecule has 2 amide bonds. The highest BCUT2D eigenvalue weighted by Crippen LogP contribution is 2.25. The maximum absolute atomic E-state index is 12.4. The molecule has 1 aliphatic carbocycles. The van der Waals surface area contributed by atoms with Crippen LogP contribution in [0.25, 0.3) is 0 Å². The first-order chi connectivity index (χ1) is 10.1. The number of aliphatic hydroxyl groups excluding tert-OH is 1. The summed E-state index contributed by atoms with van der Waals surface area (Å²) in [5.41, 5.74) is 0.635. The number of hydrogen-bond donors (Lipinski definition) is 2. The third-order valence-electron chi connectivity index (χ3n) is 4.29. The Balaban J connectivity index is 1.66. The average molecular weight is 288 g/mol. The van der Waals surface area contributed by atoms with Gasteiger partial charge in [0.25, 0.3) is 5.91 Å². The van der Waals surface area contributed by atoms with E-state index in [0.29, 0.717) is 5.69 Å². The summed E-state index contributed by atoms with van der Waals surface area (Å²) in [6, 6.07) is 8.82. The van der Waals surface area contributed by atoms with Crippen molar-refractivity contribution in [1.29, 1.82) is 0 Å². The Morgan fingerprint density at radius 2 is 1.71 bits per heavy atom. The van der Waals surface area contributed by atoms with Gasteiger partial charge in [-0.3, -0.25) is 9.59 Å². The summed E-state index contributed by atoms with van der Waals surface area (Å²) in [4.78, 5) is 25.8. The van der Waals surface area contributed by atoms with Crippen LogP contribution in [0.4, 0.5) is 5.69 Å². The van der Waals surface area contributed by atoms with Crippen molar-refractivity contribution in [2.45, 2.75) is 50.3 Å². The molecule has 1 saturated carbocycles. The smallest absolute Gasteiger partial charge is 0.251 e. The van der Waals surface area contributed by atoms with Crippen molar-refractivity contribution in [3.05, 3.63) is 30.3 Å². The minimum Gasteiger partial charge on any atom is -0.393 e. The summed E-state index contributed by atoms with van der Waals surface area (Å²) in [5, 5.41) is 12.8. The zero-order valence-electron chi connectivity index (χ0n) is 11.9. The second-order valence-corrected chi connectivity index (χ2v) is 5.83. The number of rotatable bonds is 3. The SMILES string of the molecule is O=C1CC(NC2CCC(O)CC2)C(=O)N1c1ccccc1. The molecule has 21 heavy (non-hydrogen) atoms. The standard InChI is InChI=1S/C16H20N2O3/c19-13-8-6-11(7-9-13)17-14-10-15(20)18(16(14)21)12-4-2-1-3-5-12/h1-5,11,13-14,17,19H,6-10H2. The quantitative estimate of drug-likeness (QED) is 0.820. The molecule has 1 heterocycles. The van der Waals surface area contributed by atoms with Crippen LogP contribution < -0.4 is 10.2 Å². The van der Waals surface area contributed by atoms with E-state index in [0.717, 1.165) is 25.7 Å². The summed E-state index contributed by atoms with van der Waals surface area (Å²) in [7, 11) is 0. The van der Waals surface area contributed by atoms with Crippen molar-refractivity contribution < 1.29 is 14.7 Å².